The molecule has 0 amide bonds. The predicted octanol–water partition coefficient (Wildman–Crippen LogP) is 2.61. The third-order valence-electron chi connectivity index (χ3n) is 2.88. The zero-order valence-electron chi connectivity index (χ0n) is 10.4. The Kier molecular flexibility index (Phi) is 6.66. The average molecular weight is 331 g/mol. The molecule has 0 aliphatic carbocycles. The molecule has 1 unspecified atom stereocenters. The number of hydrogen-bond donors (Lipinski definition) is 2. The zero-order chi connectivity index (χ0) is 13.0. The first-order valence-electron chi connectivity index (χ1n) is 5.56. The maximum absolute atomic E-state index is 10.3. The van der Waals surface area contributed by atoms with Crippen molar-refractivity contribution in [2.75, 3.05) is 0 Å². The Bertz CT molecular complexity index is 481. The average Bonchev–Trinajstić information content (AvgIpc) is 2.60. The molecule has 1 aliphatic heterocycles. The van der Waals surface area contributed by atoms with Gasteiger partial charge in [0.1, 0.15) is 6.61 Å². The van der Waals surface area contributed by atoms with Gasteiger partial charge in [0, 0.05) is 38.5 Å². The summed E-state index contributed by atoms with van der Waals surface area (Å²) < 4.78 is 5.67. The van der Waals surface area contributed by atoms with Gasteiger partial charge in [-0.2, -0.15) is 18.2 Å². The normalized spacial score (nSPS) is 15.4. The van der Waals surface area contributed by atoms with Gasteiger partial charge in [-0.3, -0.25) is 0 Å². The summed E-state index contributed by atoms with van der Waals surface area (Å²) in [4.78, 5) is 0. The summed E-state index contributed by atoms with van der Waals surface area (Å²) in [6.07, 6.45) is -0.619. The van der Waals surface area contributed by atoms with E-state index in [0.29, 0.717) is 6.61 Å². The van der Waals surface area contributed by atoms with Gasteiger partial charge in [0.05, 0.1) is 6.10 Å². The number of ether oxygens (including phenoxy) is 1. The number of aliphatic hydroxyl groups excluding tert-OH is 2. The first-order valence-corrected chi connectivity index (χ1v) is 5.56. The maximum atomic E-state index is 10.3. The zero-order valence-corrected chi connectivity index (χ0v) is 13.3. The minimum absolute atomic E-state index is 0. The minimum atomic E-state index is -0.619. The SMILES string of the molecule is OC1c2ccccc2COc2cc[c-]cc21.[CH2-]O.[Y]. The van der Waals surface area contributed by atoms with E-state index in [4.69, 9.17) is 9.84 Å². The van der Waals surface area contributed by atoms with Gasteiger partial charge < -0.3 is 14.9 Å². The molecule has 2 N–H and O–H groups in total. The van der Waals surface area contributed by atoms with Gasteiger partial charge in [-0.05, 0) is 11.1 Å². The minimum Gasteiger partial charge on any atom is -0.569 e. The number of benzene rings is 2. The van der Waals surface area contributed by atoms with E-state index in [2.05, 4.69) is 13.2 Å². The van der Waals surface area contributed by atoms with Crippen molar-refractivity contribution in [3.05, 3.63) is 72.3 Å². The van der Waals surface area contributed by atoms with Crippen LogP contribution in [0.15, 0.2) is 42.5 Å². The number of hydrogen-bond acceptors (Lipinski definition) is 3. The fourth-order valence-electron chi connectivity index (χ4n) is 2.03. The third-order valence-corrected chi connectivity index (χ3v) is 2.88. The summed E-state index contributed by atoms with van der Waals surface area (Å²) in [5.41, 5.74) is 2.74. The van der Waals surface area contributed by atoms with E-state index in [1.165, 1.54) is 0 Å². The fraction of sp³-hybridized carbons (Fsp3) is 0.133. The summed E-state index contributed by atoms with van der Waals surface area (Å²) in [6, 6.07) is 16.2. The molecule has 0 aromatic heterocycles. The standard InChI is InChI=1S/C14H11O2.CH3O.Y/c15-14-11-6-2-1-5-10(11)9-16-13-8-4-3-7-12(13)14;1-2;/h1-2,4-8,14-15H,9H2;2H,1H2;/q2*-1;. The summed E-state index contributed by atoms with van der Waals surface area (Å²) in [7, 11) is 2.25. The molecular formula is C15H14O3Y-2. The second kappa shape index (κ2) is 7.76. The molecule has 1 radical (unpaired) electrons. The molecule has 0 fully saturated rings. The van der Waals surface area contributed by atoms with Crippen molar-refractivity contribution in [1.29, 1.82) is 0 Å². The molecule has 2 aromatic carbocycles. The van der Waals surface area contributed by atoms with Gasteiger partial charge in [-0.15, -0.1) is 6.07 Å². The van der Waals surface area contributed by atoms with Gasteiger partial charge in [0.15, 0.2) is 0 Å². The Morgan fingerprint density at radius 3 is 2.68 bits per heavy atom. The van der Waals surface area contributed by atoms with Gasteiger partial charge in [0.2, 0.25) is 0 Å². The van der Waals surface area contributed by atoms with Crippen LogP contribution in [0.4, 0.5) is 0 Å². The second-order valence-corrected chi connectivity index (χ2v) is 3.85. The van der Waals surface area contributed by atoms with Crippen molar-refractivity contribution in [3.63, 3.8) is 0 Å². The first kappa shape index (κ1) is 16.3. The van der Waals surface area contributed by atoms with E-state index < -0.39 is 6.10 Å². The van der Waals surface area contributed by atoms with E-state index in [9.17, 15) is 5.11 Å². The van der Waals surface area contributed by atoms with Crippen LogP contribution in [0.2, 0.25) is 0 Å². The van der Waals surface area contributed by atoms with E-state index in [1.54, 1.807) is 12.1 Å². The van der Waals surface area contributed by atoms with Crippen LogP contribution in [-0.2, 0) is 39.3 Å². The van der Waals surface area contributed by atoms with Crippen molar-refractivity contribution in [2.45, 2.75) is 12.7 Å². The molecule has 1 atom stereocenters. The molecule has 1 aliphatic rings. The molecule has 3 nitrogen and oxygen atoms in total. The van der Waals surface area contributed by atoms with Crippen LogP contribution < -0.4 is 4.74 Å². The Labute approximate surface area is 138 Å². The number of rotatable bonds is 0. The summed E-state index contributed by atoms with van der Waals surface area (Å²) >= 11 is 0. The molecule has 2 aromatic rings. The van der Waals surface area contributed by atoms with E-state index >= 15 is 0 Å². The van der Waals surface area contributed by atoms with E-state index in [0.717, 1.165) is 22.4 Å². The van der Waals surface area contributed by atoms with Crippen LogP contribution in [0.3, 0.4) is 0 Å². The van der Waals surface area contributed by atoms with Crippen molar-refractivity contribution in [2.24, 2.45) is 0 Å². The largest absolute Gasteiger partial charge is 0.569 e. The van der Waals surface area contributed by atoms with E-state index in [1.807, 2.05) is 30.3 Å². The van der Waals surface area contributed by atoms with Crippen molar-refractivity contribution < 1.29 is 47.7 Å². The molecule has 4 heteroatoms. The molecule has 1 heterocycles. The molecular weight excluding hydrogens is 317 g/mol. The first-order chi connectivity index (χ1) is 8.86. The Morgan fingerprint density at radius 1 is 1.16 bits per heavy atom. The van der Waals surface area contributed by atoms with Crippen LogP contribution in [0.1, 0.15) is 22.8 Å². The molecule has 0 saturated carbocycles. The van der Waals surface area contributed by atoms with E-state index in [-0.39, 0.29) is 32.7 Å². The third kappa shape index (κ3) is 3.43. The van der Waals surface area contributed by atoms with Crippen molar-refractivity contribution in [3.8, 4) is 5.75 Å². The fourth-order valence-corrected chi connectivity index (χ4v) is 2.03. The molecule has 97 valence electrons. The molecule has 3 rings (SSSR count). The van der Waals surface area contributed by atoms with Gasteiger partial charge in [-0.1, -0.05) is 29.8 Å². The monoisotopic (exact) mass is 331 g/mol. The number of aliphatic hydroxyl groups is 2. The second-order valence-electron chi connectivity index (χ2n) is 3.85. The van der Waals surface area contributed by atoms with Gasteiger partial charge in [0.25, 0.3) is 0 Å². The summed E-state index contributed by atoms with van der Waals surface area (Å²) in [5, 5.41) is 17.0. The summed E-state index contributed by atoms with van der Waals surface area (Å²) in [5.74, 6) is 0.738. The van der Waals surface area contributed by atoms with Crippen molar-refractivity contribution in [1.82, 2.24) is 0 Å². The Morgan fingerprint density at radius 2 is 1.89 bits per heavy atom. The smallest absolute Gasteiger partial charge is 0.110 e. The topological polar surface area (TPSA) is 49.7 Å². The number of fused-ring (bicyclic) bond motifs is 2. The van der Waals surface area contributed by atoms with Crippen LogP contribution in [0.5, 0.6) is 5.75 Å². The van der Waals surface area contributed by atoms with Crippen LogP contribution >= 0.6 is 0 Å². The van der Waals surface area contributed by atoms with Crippen molar-refractivity contribution >= 4 is 0 Å². The molecule has 0 bridgehead atoms. The maximum Gasteiger partial charge on any atom is 0.110 e. The quantitative estimate of drug-likeness (QED) is 0.730. The molecule has 0 saturated heterocycles. The Balaban J connectivity index is 0.000000576. The van der Waals surface area contributed by atoms with Crippen LogP contribution in [-0.4, -0.2) is 10.2 Å². The van der Waals surface area contributed by atoms with Gasteiger partial charge in [-0.25, -0.2) is 7.11 Å². The molecule has 0 spiro atoms. The molecule has 19 heavy (non-hydrogen) atoms. The van der Waals surface area contributed by atoms with Gasteiger partial charge >= 0.3 is 0 Å². The van der Waals surface area contributed by atoms with Crippen LogP contribution in [0.25, 0.3) is 0 Å². The van der Waals surface area contributed by atoms with Crippen LogP contribution in [0, 0.1) is 13.2 Å². The Hall–Kier alpha value is -0.736. The summed E-state index contributed by atoms with van der Waals surface area (Å²) in [6.45, 7) is 0.504. The predicted molar refractivity (Wildman–Crippen MR) is 67.4 cm³/mol.